The molecule has 0 amide bonds. The lowest BCUT2D eigenvalue weighted by Gasteiger charge is -2.21. The van der Waals surface area contributed by atoms with E-state index in [1.54, 1.807) is 0 Å². The lowest BCUT2D eigenvalue weighted by molar-refractivity contribution is 0.701. The van der Waals surface area contributed by atoms with Gasteiger partial charge in [-0.1, -0.05) is 158 Å². The first-order valence-electron chi connectivity index (χ1n) is 17.2. The number of para-hydroxylation sites is 1. The second-order valence-corrected chi connectivity index (χ2v) is 13.0. The molecule has 0 spiro atoms. The van der Waals surface area contributed by atoms with Crippen molar-refractivity contribution in [2.24, 2.45) is 10.9 Å². The van der Waals surface area contributed by atoms with E-state index < -0.39 is 0 Å². The summed E-state index contributed by atoms with van der Waals surface area (Å²) in [6, 6.07) is 46.9. The predicted molar refractivity (Wildman–Crippen MR) is 205 cm³/mol. The lowest BCUT2D eigenvalue weighted by atomic mass is 9.83. The Morgan fingerprint density at radius 1 is 0.580 bits per heavy atom. The van der Waals surface area contributed by atoms with E-state index in [9.17, 15) is 0 Å². The summed E-state index contributed by atoms with van der Waals surface area (Å²) in [5.74, 6) is 2.59. The van der Waals surface area contributed by atoms with E-state index in [0.29, 0.717) is 17.5 Å². The molecule has 0 saturated carbocycles. The smallest absolute Gasteiger partial charge is 0.164 e. The summed E-state index contributed by atoms with van der Waals surface area (Å²) < 4.78 is 0. The van der Waals surface area contributed by atoms with Gasteiger partial charge in [0.05, 0.1) is 11.9 Å². The summed E-state index contributed by atoms with van der Waals surface area (Å²) in [6.45, 7) is 0.741. The lowest BCUT2D eigenvalue weighted by Crippen LogP contribution is -2.30. The molecule has 6 aromatic carbocycles. The van der Waals surface area contributed by atoms with Crippen LogP contribution in [0.2, 0.25) is 0 Å². The van der Waals surface area contributed by atoms with Gasteiger partial charge in [-0.25, -0.2) is 15.0 Å². The van der Waals surface area contributed by atoms with Crippen molar-refractivity contribution in [3.8, 4) is 22.8 Å². The maximum Gasteiger partial charge on any atom is 0.164 e. The maximum absolute atomic E-state index is 5.15. The van der Waals surface area contributed by atoms with Crippen LogP contribution in [-0.2, 0) is 0 Å². The minimum Gasteiger partial charge on any atom is -0.284 e. The monoisotopic (exact) mass is 642 g/mol. The first kappa shape index (κ1) is 29.8. The van der Waals surface area contributed by atoms with Crippen LogP contribution in [0.5, 0.6) is 0 Å². The Morgan fingerprint density at radius 2 is 1.30 bits per heavy atom. The standard InChI is InChI=1S/C46H34N4/c1-2-12-32(13-3-1)38-17-7-4-14-33(38)26-27-44-48-45(34-24-22-31(23-25-34)37-28-36-16-6-11-21-43(36)47-30-37)50-46(49-44)42-29-35-15-5-8-18-39(35)40-19-9-10-20-41(40)42/h1-29,33,37-38H,30H2. The molecule has 2 heterocycles. The van der Waals surface area contributed by atoms with Gasteiger partial charge in [0.25, 0.3) is 0 Å². The van der Waals surface area contributed by atoms with Gasteiger partial charge in [-0.3, -0.25) is 4.99 Å². The third kappa shape index (κ3) is 5.75. The third-order valence-electron chi connectivity index (χ3n) is 9.86. The number of fused-ring (bicyclic) bond motifs is 4. The van der Waals surface area contributed by atoms with E-state index in [4.69, 9.17) is 19.9 Å². The van der Waals surface area contributed by atoms with Crippen molar-refractivity contribution >= 4 is 33.7 Å². The van der Waals surface area contributed by atoms with E-state index >= 15 is 0 Å². The number of hydrogen-bond donors (Lipinski definition) is 0. The van der Waals surface area contributed by atoms with Crippen LogP contribution in [0.15, 0.2) is 169 Å². The summed E-state index contributed by atoms with van der Waals surface area (Å²) in [6.07, 6.45) is 15.4. The van der Waals surface area contributed by atoms with E-state index in [-0.39, 0.29) is 17.8 Å². The summed E-state index contributed by atoms with van der Waals surface area (Å²) in [5, 5.41) is 6.93. The van der Waals surface area contributed by atoms with E-state index in [0.717, 1.165) is 33.8 Å². The molecule has 7 aromatic rings. The molecule has 1 aliphatic carbocycles. The number of nitrogens with zero attached hydrogens (tertiary/aromatic N) is 4. The molecule has 0 N–H and O–H groups in total. The molecular formula is C46H34N4. The largest absolute Gasteiger partial charge is 0.284 e. The van der Waals surface area contributed by atoms with Crippen LogP contribution < -0.4 is 10.6 Å². The van der Waals surface area contributed by atoms with Crippen molar-refractivity contribution in [3.63, 3.8) is 0 Å². The molecule has 0 saturated heterocycles. The minimum absolute atomic E-state index is 0.175. The molecule has 238 valence electrons. The van der Waals surface area contributed by atoms with Gasteiger partial charge >= 0.3 is 0 Å². The van der Waals surface area contributed by atoms with Gasteiger partial charge in [0.2, 0.25) is 0 Å². The van der Waals surface area contributed by atoms with Gasteiger partial charge in [0, 0.05) is 28.9 Å². The van der Waals surface area contributed by atoms with Crippen molar-refractivity contribution in [3.05, 3.63) is 191 Å². The first-order valence-corrected chi connectivity index (χ1v) is 17.2. The van der Waals surface area contributed by atoms with Gasteiger partial charge in [0.15, 0.2) is 17.5 Å². The van der Waals surface area contributed by atoms with Crippen LogP contribution in [0.1, 0.15) is 28.8 Å². The van der Waals surface area contributed by atoms with Gasteiger partial charge < -0.3 is 0 Å². The highest BCUT2D eigenvalue weighted by Gasteiger charge is 2.19. The Balaban J connectivity index is 1.14. The Labute approximate surface area is 291 Å². The van der Waals surface area contributed by atoms with E-state index in [1.165, 1.54) is 27.1 Å². The predicted octanol–water partition coefficient (Wildman–Crippen LogP) is 9.25. The van der Waals surface area contributed by atoms with E-state index in [2.05, 4.69) is 170 Å². The van der Waals surface area contributed by atoms with Crippen molar-refractivity contribution < 1.29 is 0 Å². The topological polar surface area (TPSA) is 51.0 Å². The number of hydrogen-bond acceptors (Lipinski definition) is 4. The molecule has 9 rings (SSSR count). The number of rotatable bonds is 6. The Hall–Kier alpha value is -6.26. The fraction of sp³-hybridized carbons (Fsp3) is 0.0870. The Kier molecular flexibility index (Phi) is 7.75. The van der Waals surface area contributed by atoms with Crippen LogP contribution >= 0.6 is 0 Å². The average molecular weight is 643 g/mol. The summed E-state index contributed by atoms with van der Waals surface area (Å²) in [5.41, 5.74) is 4.46. The molecule has 1 aliphatic heterocycles. The molecule has 0 radical (unpaired) electrons. The van der Waals surface area contributed by atoms with Crippen molar-refractivity contribution in [1.82, 2.24) is 15.0 Å². The summed E-state index contributed by atoms with van der Waals surface area (Å²) >= 11 is 0. The summed E-state index contributed by atoms with van der Waals surface area (Å²) in [7, 11) is 0. The summed E-state index contributed by atoms with van der Waals surface area (Å²) in [4.78, 5) is 20.2. The first-order chi connectivity index (χ1) is 24.8. The average Bonchev–Trinajstić information content (AvgIpc) is 3.20. The molecule has 2 aliphatic rings. The van der Waals surface area contributed by atoms with Crippen LogP contribution in [-0.4, -0.2) is 21.5 Å². The second kappa shape index (κ2) is 13.0. The van der Waals surface area contributed by atoms with Crippen molar-refractivity contribution in [2.45, 2.75) is 11.8 Å². The molecule has 4 heteroatoms. The minimum atomic E-state index is 0.175. The quantitative estimate of drug-likeness (QED) is 0.170. The molecule has 50 heavy (non-hydrogen) atoms. The number of allylic oxidation sites excluding steroid dienone is 5. The molecule has 0 fully saturated rings. The molecule has 1 aromatic heterocycles. The molecular weight excluding hydrogens is 609 g/mol. The van der Waals surface area contributed by atoms with Gasteiger partial charge in [-0.2, -0.15) is 0 Å². The zero-order chi connectivity index (χ0) is 33.3. The highest BCUT2D eigenvalue weighted by molar-refractivity contribution is 6.13. The third-order valence-corrected chi connectivity index (χ3v) is 9.86. The molecule has 4 nitrogen and oxygen atoms in total. The van der Waals surface area contributed by atoms with Crippen molar-refractivity contribution in [1.29, 1.82) is 0 Å². The Morgan fingerprint density at radius 3 is 2.18 bits per heavy atom. The maximum atomic E-state index is 5.15. The fourth-order valence-electron chi connectivity index (χ4n) is 7.29. The Bertz CT molecular complexity index is 2580. The highest BCUT2D eigenvalue weighted by Crippen LogP contribution is 2.35. The van der Waals surface area contributed by atoms with Gasteiger partial charge in [0.1, 0.15) is 0 Å². The second-order valence-electron chi connectivity index (χ2n) is 13.0. The fourth-order valence-corrected chi connectivity index (χ4v) is 7.29. The number of benzene rings is 6. The molecule has 3 atom stereocenters. The molecule has 3 unspecified atom stereocenters. The van der Waals surface area contributed by atoms with Crippen molar-refractivity contribution in [2.75, 3.05) is 6.54 Å². The SMILES string of the molecule is C1=CC(C=Cc2nc(-c3ccc(C4C=c5ccccc5=NC4)cc3)nc(-c3cc4ccccc4c4ccccc34)n2)C(c2ccccc2)C=C1. The zero-order valence-electron chi connectivity index (χ0n) is 27.5. The highest BCUT2D eigenvalue weighted by atomic mass is 15.0. The number of aromatic nitrogens is 3. The van der Waals surface area contributed by atoms with Crippen LogP contribution in [0.3, 0.4) is 0 Å². The van der Waals surface area contributed by atoms with Crippen LogP contribution in [0.4, 0.5) is 0 Å². The van der Waals surface area contributed by atoms with E-state index in [1.807, 2.05) is 6.07 Å². The van der Waals surface area contributed by atoms with Crippen LogP contribution in [0, 0.1) is 5.92 Å². The van der Waals surface area contributed by atoms with Gasteiger partial charge in [-0.05, 0) is 56.1 Å². The molecule has 0 bridgehead atoms. The van der Waals surface area contributed by atoms with Gasteiger partial charge in [-0.15, -0.1) is 0 Å². The normalized spacial score (nSPS) is 18.2. The van der Waals surface area contributed by atoms with Crippen LogP contribution in [0.25, 0.3) is 56.5 Å². The zero-order valence-corrected chi connectivity index (χ0v) is 27.5.